The third-order valence-corrected chi connectivity index (χ3v) is 6.91. The summed E-state index contributed by atoms with van der Waals surface area (Å²) in [5.74, 6) is -1.21. The number of amides is 1. The molecule has 0 bridgehead atoms. The summed E-state index contributed by atoms with van der Waals surface area (Å²) in [5.41, 5.74) is 5.88. The fourth-order valence-electron chi connectivity index (χ4n) is 4.97. The van der Waals surface area contributed by atoms with E-state index in [4.69, 9.17) is 21.1 Å². The fourth-order valence-corrected chi connectivity index (χ4v) is 5.10. The average Bonchev–Trinajstić information content (AvgIpc) is 3.30. The quantitative estimate of drug-likeness (QED) is 0.340. The number of hydrogen-bond donors (Lipinski definition) is 0. The number of methoxy groups -OCH3 is 1. The molecule has 1 aliphatic heterocycles. The lowest BCUT2D eigenvalue weighted by molar-refractivity contribution is -0.164. The second-order valence-electron chi connectivity index (χ2n) is 10.3. The second kappa shape index (κ2) is 10.3. The SMILES string of the molecule is COC(=O)[C@@H](OC(C)(C)C)c1c(C)c2c(c(C)c1-c1ccc(Cl)cc1)CN(C(=O)c1cccc(F)c1)C2. The molecule has 0 unspecified atom stereocenters. The zero-order valence-electron chi connectivity index (χ0n) is 21.9. The van der Waals surface area contributed by atoms with Crippen molar-refractivity contribution < 1.29 is 23.5 Å². The van der Waals surface area contributed by atoms with Gasteiger partial charge in [-0.05, 0) is 98.3 Å². The summed E-state index contributed by atoms with van der Waals surface area (Å²) in [6.07, 6.45) is -0.979. The molecule has 0 spiro atoms. The van der Waals surface area contributed by atoms with E-state index < -0.39 is 23.5 Å². The normalized spacial score (nSPS) is 13.9. The average molecular weight is 524 g/mol. The number of halogens is 2. The zero-order chi connectivity index (χ0) is 27.1. The van der Waals surface area contributed by atoms with Gasteiger partial charge in [0.1, 0.15) is 5.82 Å². The van der Waals surface area contributed by atoms with E-state index in [-0.39, 0.29) is 5.91 Å². The Kier molecular flexibility index (Phi) is 7.45. The van der Waals surface area contributed by atoms with E-state index >= 15 is 0 Å². The van der Waals surface area contributed by atoms with Crippen molar-refractivity contribution in [1.29, 1.82) is 0 Å². The first-order valence-electron chi connectivity index (χ1n) is 12.1. The number of rotatable bonds is 5. The molecular weight excluding hydrogens is 493 g/mol. The molecule has 194 valence electrons. The van der Waals surface area contributed by atoms with Crippen LogP contribution in [0, 0.1) is 19.7 Å². The van der Waals surface area contributed by atoms with Gasteiger partial charge in [-0.15, -0.1) is 0 Å². The Morgan fingerprint density at radius 1 is 1.00 bits per heavy atom. The minimum Gasteiger partial charge on any atom is -0.467 e. The molecule has 0 N–H and O–H groups in total. The highest BCUT2D eigenvalue weighted by atomic mass is 35.5. The summed E-state index contributed by atoms with van der Waals surface area (Å²) in [4.78, 5) is 28.1. The summed E-state index contributed by atoms with van der Waals surface area (Å²) >= 11 is 6.18. The van der Waals surface area contributed by atoms with Gasteiger partial charge in [-0.1, -0.05) is 29.8 Å². The number of hydrogen-bond acceptors (Lipinski definition) is 4. The van der Waals surface area contributed by atoms with Gasteiger partial charge in [0, 0.05) is 29.2 Å². The van der Waals surface area contributed by atoms with Crippen LogP contribution in [0.5, 0.6) is 0 Å². The Morgan fingerprint density at radius 2 is 1.62 bits per heavy atom. The number of benzene rings is 3. The maximum Gasteiger partial charge on any atom is 0.339 e. The van der Waals surface area contributed by atoms with Gasteiger partial charge in [0.15, 0.2) is 6.10 Å². The van der Waals surface area contributed by atoms with Crippen LogP contribution < -0.4 is 0 Å². The lowest BCUT2D eigenvalue weighted by Gasteiger charge is -2.30. The highest BCUT2D eigenvalue weighted by Crippen LogP contribution is 2.44. The largest absolute Gasteiger partial charge is 0.467 e. The molecule has 0 saturated heterocycles. The molecule has 37 heavy (non-hydrogen) atoms. The van der Waals surface area contributed by atoms with E-state index in [2.05, 4.69) is 0 Å². The van der Waals surface area contributed by atoms with Crippen molar-refractivity contribution in [3.05, 3.63) is 92.8 Å². The molecule has 0 aliphatic carbocycles. The molecule has 0 aromatic heterocycles. The van der Waals surface area contributed by atoms with Crippen molar-refractivity contribution in [2.75, 3.05) is 7.11 Å². The van der Waals surface area contributed by atoms with Crippen LogP contribution in [0.4, 0.5) is 4.39 Å². The minimum absolute atomic E-state index is 0.250. The molecule has 7 heteroatoms. The van der Waals surface area contributed by atoms with Crippen LogP contribution in [0.25, 0.3) is 11.1 Å². The van der Waals surface area contributed by atoms with E-state index in [9.17, 15) is 14.0 Å². The summed E-state index contributed by atoms with van der Waals surface area (Å²) in [7, 11) is 1.35. The maximum absolute atomic E-state index is 13.8. The molecule has 3 aromatic rings. The monoisotopic (exact) mass is 523 g/mol. The number of ether oxygens (including phenoxy) is 2. The smallest absolute Gasteiger partial charge is 0.339 e. The van der Waals surface area contributed by atoms with Crippen LogP contribution in [0.15, 0.2) is 48.5 Å². The van der Waals surface area contributed by atoms with Crippen molar-refractivity contribution in [3.63, 3.8) is 0 Å². The van der Waals surface area contributed by atoms with Crippen LogP contribution in [-0.2, 0) is 27.4 Å². The van der Waals surface area contributed by atoms with Crippen LogP contribution in [0.2, 0.25) is 5.02 Å². The van der Waals surface area contributed by atoms with Gasteiger partial charge in [0.2, 0.25) is 0 Å². The molecule has 1 atom stereocenters. The van der Waals surface area contributed by atoms with Crippen LogP contribution in [0.3, 0.4) is 0 Å². The minimum atomic E-state index is -0.979. The van der Waals surface area contributed by atoms with Gasteiger partial charge in [-0.2, -0.15) is 0 Å². The Hall–Kier alpha value is -3.22. The number of esters is 1. The molecule has 0 saturated carbocycles. The lowest BCUT2D eigenvalue weighted by Crippen LogP contribution is -2.29. The molecule has 3 aromatic carbocycles. The molecule has 0 fully saturated rings. The van der Waals surface area contributed by atoms with Crippen molar-refractivity contribution >= 4 is 23.5 Å². The van der Waals surface area contributed by atoms with Crippen LogP contribution in [-0.4, -0.2) is 29.5 Å². The number of fused-ring (bicyclic) bond motifs is 1. The first kappa shape index (κ1) is 26.8. The predicted octanol–water partition coefficient (Wildman–Crippen LogP) is 6.95. The van der Waals surface area contributed by atoms with Crippen molar-refractivity contribution in [2.45, 2.75) is 59.4 Å². The van der Waals surface area contributed by atoms with E-state index in [1.165, 1.54) is 25.3 Å². The summed E-state index contributed by atoms with van der Waals surface area (Å²) in [6.45, 7) is 10.3. The first-order valence-corrected chi connectivity index (χ1v) is 12.5. The fraction of sp³-hybridized carbons (Fsp3) is 0.333. The molecule has 5 nitrogen and oxygen atoms in total. The third kappa shape index (κ3) is 5.41. The standard InChI is InChI=1S/C30H31ClFNO4/c1-17-23-15-33(28(34)20-8-7-9-22(32)14-20)16-24(23)18(2)26(25(17)19-10-12-21(31)13-11-19)27(29(35)36-6)37-30(3,4)5/h7-14,27H,15-16H2,1-6H3/t27-/m0/s1. The Labute approximate surface area is 222 Å². The van der Waals surface area contributed by atoms with Crippen LogP contribution >= 0.6 is 11.6 Å². The van der Waals surface area contributed by atoms with E-state index in [1.807, 2.05) is 46.8 Å². The van der Waals surface area contributed by atoms with E-state index in [1.54, 1.807) is 23.1 Å². The third-order valence-electron chi connectivity index (χ3n) is 6.66. The Morgan fingerprint density at radius 3 is 2.19 bits per heavy atom. The first-order chi connectivity index (χ1) is 17.4. The molecule has 1 amide bonds. The summed E-state index contributed by atoms with van der Waals surface area (Å²) in [6, 6.07) is 13.1. The maximum atomic E-state index is 13.8. The zero-order valence-corrected chi connectivity index (χ0v) is 22.7. The summed E-state index contributed by atoms with van der Waals surface area (Å²) in [5, 5.41) is 0.600. The van der Waals surface area contributed by atoms with Crippen molar-refractivity contribution in [3.8, 4) is 11.1 Å². The van der Waals surface area contributed by atoms with Gasteiger partial charge < -0.3 is 14.4 Å². The Bertz CT molecular complexity index is 1360. The predicted molar refractivity (Wildman–Crippen MR) is 142 cm³/mol. The number of carbonyl (C=O) groups excluding carboxylic acids is 2. The lowest BCUT2D eigenvalue weighted by atomic mass is 9.83. The highest BCUT2D eigenvalue weighted by Gasteiger charge is 2.37. The van der Waals surface area contributed by atoms with Gasteiger partial charge in [-0.25, -0.2) is 9.18 Å². The molecule has 0 radical (unpaired) electrons. The van der Waals surface area contributed by atoms with Crippen molar-refractivity contribution in [1.82, 2.24) is 4.90 Å². The van der Waals surface area contributed by atoms with Crippen LogP contribution in [0.1, 0.15) is 65.1 Å². The summed E-state index contributed by atoms with van der Waals surface area (Å²) < 4.78 is 25.3. The van der Waals surface area contributed by atoms with Gasteiger partial charge in [0.25, 0.3) is 5.91 Å². The highest BCUT2D eigenvalue weighted by molar-refractivity contribution is 6.30. The van der Waals surface area contributed by atoms with E-state index in [0.717, 1.165) is 33.4 Å². The Balaban J connectivity index is 1.91. The topological polar surface area (TPSA) is 55.8 Å². The van der Waals surface area contributed by atoms with Gasteiger partial charge in [0.05, 0.1) is 12.7 Å². The number of carbonyl (C=O) groups is 2. The molecule has 1 aliphatic rings. The molecule has 4 rings (SSSR count). The second-order valence-corrected chi connectivity index (χ2v) is 10.7. The van der Waals surface area contributed by atoms with Gasteiger partial charge in [-0.3, -0.25) is 4.79 Å². The van der Waals surface area contributed by atoms with Gasteiger partial charge >= 0.3 is 5.97 Å². The molecular formula is C30H31ClFNO4. The number of nitrogens with zero attached hydrogens (tertiary/aromatic N) is 1. The van der Waals surface area contributed by atoms with E-state index in [0.29, 0.717) is 29.2 Å². The molecule has 1 heterocycles. The van der Waals surface area contributed by atoms with Crippen molar-refractivity contribution in [2.24, 2.45) is 0 Å².